The summed E-state index contributed by atoms with van der Waals surface area (Å²) in [5, 5.41) is 0. The summed E-state index contributed by atoms with van der Waals surface area (Å²) in [7, 11) is 0.984. The minimum atomic E-state index is -3.37. The lowest BCUT2D eigenvalue weighted by atomic mass is 10.2. The quantitative estimate of drug-likeness (QED) is 0.773. The molecule has 0 aliphatic heterocycles. The Kier molecular flexibility index (Phi) is 4.94. The Bertz CT molecular complexity index is 512. The molecular weight excluding hydrogens is 258 g/mol. The van der Waals surface area contributed by atoms with Gasteiger partial charge in [-0.2, -0.15) is 5.48 Å². The molecule has 0 bridgehead atoms. The van der Waals surface area contributed by atoms with Crippen LogP contribution in [-0.2, 0) is 21.2 Å². The van der Waals surface area contributed by atoms with Gasteiger partial charge in [0.15, 0.2) is 21.3 Å². The van der Waals surface area contributed by atoms with Gasteiger partial charge >= 0.3 is 0 Å². The van der Waals surface area contributed by atoms with Crippen molar-refractivity contribution in [2.45, 2.75) is 11.4 Å². The highest BCUT2D eigenvalue weighted by Gasteiger charge is 2.21. The molecule has 0 heterocycles. The highest BCUT2D eigenvalue weighted by atomic mass is 32.2. The summed E-state index contributed by atoms with van der Waals surface area (Å²) in [6.07, 6.45) is 1.12. The molecule has 0 unspecified atom stereocenters. The first-order valence-corrected chi connectivity index (χ1v) is 7.04. The van der Waals surface area contributed by atoms with Gasteiger partial charge in [-0.1, -0.05) is 6.07 Å². The summed E-state index contributed by atoms with van der Waals surface area (Å²) >= 11 is 0. The number of hydrogen-bond donors (Lipinski definition) is 1. The molecule has 0 atom stereocenters. The Labute approximate surface area is 107 Å². The van der Waals surface area contributed by atoms with Crippen molar-refractivity contribution in [3.8, 4) is 11.5 Å². The number of benzene rings is 1. The van der Waals surface area contributed by atoms with Crippen LogP contribution < -0.4 is 15.0 Å². The second kappa shape index (κ2) is 6.03. The molecular formula is C11H17NO5S. The topological polar surface area (TPSA) is 73.9 Å². The Morgan fingerprint density at radius 3 is 2.17 bits per heavy atom. The molecule has 0 saturated heterocycles. The molecule has 0 aliphatic rings. The second-order valence-corrected chi connectivity index (χ2v) is 5.57. The first-order chi connectivity index (χ1) is 8.45. The van der Waals surface area contributed by atoms with Crippen LogP contribution in [0.1, 0.15) is 5.56 Å². The van der Waals surface area contributed by atoms with Crippen LogP contribution in [-0.4, -0.2) is 36.0 Å². The molecule has 1 aromatic carbocycles. The van der Waals surface area contributed by atoms with Gasteiger partial charge in [-0.05, 0) is 6.07 Å². The minimum absolute atomic E-state index is 0.100. The first-order valence-electron chi connectivity index (χ1n) is 5.15. The van der Waals surface area contributed by atoms with E-state index in [1.807, 2.05) is 0 Å². The lowest BCUT2D eigenvalue weighted by Crippen LogP contribution is -2.13. The van der Waals surface area contributed by atoms with Crippen LogP contribution in [0.3, 0.4) is 0 Å². The number of methoxy groups -OCH3 is 2. The number of hydroxylamine groups is 1. The number of hydrogen-bond acceptors (Lipinski definition) is 6. The summed E-state index contributed by atoms with van der Waals surface area (Å²) in [6, 6.07) is 3.15. The van der Waals surface area contributed by atoms with E-state index < -0.39 is 9.84 Å². The summed E-state index contributed by atoms with van der Waals surface area (Å²) < 4.78 is 33.6. The van der Waals surface area contributed by atoms with E-state index in [4.69, 9.17) is 14.3 Å². The fourth-order valence-electron chi connectivity index (χ4n) is 1.58. The highest BCUT2D eigenvalue weighted by Crippen LogP contribution is 2.37. The molecule has 0 spiro atoms. The molecule has 0 amide bonds. The monoisotopic (exact) mass is 275 g/mol. The maximum atomic E-state index is 11.6. The van der Waals surface area contributed by atoms with Crippen molar-refractivity contribution < 1.29 is 22.7 Å². The van der Waals surface area contributed by atoms with Gasteiger partial charge in [0.25, 0.3) is 0 Å². The summed E-state index contributed by atoms with van der Waals surface area (Å²) in [4.78, 5) is 4.85. The number of nitrogens with one attached hydrogen (secondary N) is 1. The van der Waals surface area contributed by atoms with Crippen LogP contribution in [0, 0.1) is 0 Å². The van der Waals surface area contributed by atoms with Crippen molar-refractivity contribution in [2.24, 2.45) is 0 Å². The van der Waals surface area contributed by atoms with Crippen LogP contribution in [0.5, 0.6) is 11.5 Å². The van der Waals surface area contributed by atoms with E-state index in [0.717, 1.165) is 11.8 Å². The zero-order valence-corrected chi connectivity index (χ0v) is 11.6. The first kappa shape index (κ1) is 14.7. The molecule has 1 N–H and O–H groups in total. The van der Waals surface area contributed by atoms with Gasteiger partial charge in [0, 0.05) is 18.4 Å². The lowest BCUT2D eigenvalue weighted by molar-refractivity contribution is 0.0860. The maximum Gasteiger partial charge on any atom is 0.179 e. The third-order valence-electron chi connectivity index (χ3n) is 2.37. The SMILES string of the molecule is CONCc1ccc(S(C)(=O)=O)c(OC)c1OC. The van der Waals surface area contributed by atoms with Crippen LogP contribution in [0.2, 0.25) is 0 Å². The Morgan fingerprint density at radius 2 is 1.72 bits per heavy atom. The highest BCUT2D eigenvalue weighted by molar-refractivity contribution is 7.90. The van der Waals surface area contributed by atoms with Gasteiger partial charge in [-0.15, -0.1) is 0 Å². The van der Waals surface area contributed by atoms with Gasteiger partial charge in [0.05, 0.1) is 21.3 Å². The van der Waals surface area contributed by atoms with Gasteiger partial charge in [0.1, 0.15) is 4.90 Å². The minimum Gasteiger partial charge on any atom is -0.492 e. The van der Waals surface area contributed by atoms with Gasteiger partial charge in [-0.25, -0.2) is 8.42 Å². The molecule has 0 fully saturated rings. The standard InChI is InChI=1S/C11H17NO5S/c1-15-10-8(7-12-17-3)5-6-9(11(10)16-2)18(4,13)14/h5-6,12H,7H2,1-4H3. The molecule has 6 nitrogen and oxygen atoms in total. The number of ether oxygens (including phenoxy) is 2. The van der Waals surface area contributed by atoms with Crippen LogP contribution in [0.25, 0.3) is 0 Å². The third kappa shape index (κ3) is 3.12. The average molecular weight is 275 g/mol. The predicted octanol–water partition coefficient (Wildman–Crippen LogP) is 0.758. The molecule has 0 saturated carbocycles. The van der Waals surface area contributed by atoms with Crippen LogP contribution in [0.15, 0.2) is 17.0 Å². The van der Waals surface area contributed by atoms with Crippen LogP contribution >= 0.6 is 0 Å². The molecule has 1 rings (SSSR count). The summed E-state index contributed by atoms with van der Waals surface area (Å²) in [6.45, 7) is 0.375. The van der Waals surface area contributed by atoms with Crippen molar-refractivity contribution >= 4 is 9.84 Å². The molecule has 18 heavy (non-hydrogen) atoms. The fourth-order valence-corrected chi connectivity index (χ4v) is 2.41. The normalized spacial score (nSPS) is 11.3. The molecule has 0 aliphatic carbocycles. The van der Waals surface area contributed by atoms with E-state index >= 15 is 0 Å². The average Bonchev–Trinajstić information content (AvgIpc) is 2.33. The Morgan fingerprint density at radius 1 is 1.11 bits per heavy atom. The van der Waals surface area contributed by atoms with E-state index in [9.17, 15) is 8.42 Å². The van der Waals surface area contributed by atoms with Gasteiger partial charge < -0.3 is 14.3 Å². The van der Waals surface area contributed by atoms with E-state index in [2.05, 4.69) is 5.48 Å². The Balaban J connectivity index is 3.36. The zero-order chi connectivity index (χ0) is 13.8. The van der Waals surface area contributed by atoms with Crippen molar-refractivity contribution in [2.75, 3.05) is 27.6 Å². The molecule has 7 heteroatoms. The largest absolute Gasteiger partial charge is 0.492 e. The molecule has 0 aromatic heterocycles. The van der Waals surface area contributed by atoms with E-state index in [1.165, 1.54) is 27.4 Å². The van der Waals surface area contributed by atoms with Crippen molar-refractivity contribution in [1.82, 2.24) is 5.48 Å². The van der Waals surface area contributed by atoms with E-state index in [1.54, 1.807) is 6.07 Å². The lowest BCUT2D eigenvalue weighted by Gasteiger charge is -2.15. The smallest absolute Gasteiger partial charge is 0.179 e. The van der Waals surface area contributed by atoms with Gasteiger partial charge in [-0.3, -0.25) is 0 Å². The second-order valence-electron chi connectivity index (χ2n) is 3.59. The van der Waals surface area contributed by atoms with Crippen LogP contribution in [0.4, 0.5) is 0 Å². The fraction of sp³-hybridized carbons (Fsp3) is 0.455. The zero-order valence-electron chi connectivity index (χ0n) is 10.8. The summed E-state index contributed by atoms with van der Waals surface area (Å²) in [5.41, 5.74) is 3.40. The Hall–Kier alpha value is -1.31. The maximum absolute atomic E-state index is 11.6. The molecule has 0 radical (unpaired) electrons. The van der Waals surface area contributed by atoms with E-state index in [0.29, 0.717) is 12.3 Å². The summed E-state index contributed by atoms with van der Waals surface area (Å²) in [5.74, 6) is 0.584. The van der Waals surface area contributed by atoms with E-state index in [-0.39, 0.29) is 10.6 Å². The molecule has 102 valence electrons. The van der Waals surface area contributed by atoms with Crippen molar-refractivity contribution in [1.29, 1.82) is 0 Å². The van der Waals surface area contributed by atoms with Crippen molar-refractivity contribution in [3.63, 3.8) is 0 Å². The number of sulfone groups is 1. The number of rotatable bonds is 6. The predicted molar refractivity (Wildman–Crippen MR) is 66.5 cm³/mol. The third-order valence-corrected chi connectivity index (χ3v) is 3.49. The van der Waals surface area contributed by atoms with Crippen molar-refractivity contribution in [3.05, 3.63) is 17.7 Å². The van der Waals surface area contributed by atoms with Gasteiger partial charge in [0.2, 0.25) is 0 Å². The molecule has 1 aromatic rings.